The second-order valence-corrected chi connectivity index (χ2v) is 8.45. The van der Waals surface area contributed by atoms with Gasteiger partial charge in [0.25, 0.3) is 5.56 Å². The third-order valence-corrected chi connectivity index (χ3v) is 6.48. The Kier molecular flexibility index (Phi) is 4.64. The van der Waals surface area contributed by atoms with Crippen molar-refractivity contribution in [1.82, 2.24) is 14.5 Å². The molecule has 148 valence electrons. The maximum Gasteiger partial charge on any atom is 0.251 e. The molecule has 1 N–H and O–H groups in total. The van der Waals surface area contributed by atoms with Gasteiger partial charge in [0.05, 0.1) is 10.7 Å². The number of nitrogens with zero attached hydrogens (tertiary/aromatic N) is 3. The second-order valence-electron chi connectivity index (χ2n) is 8.08. The highest BCUT2D eigenvalue weighted by Gasteiger charge is 2.35. The van der Waals surface area contributed by atoms with Crippen LogP contribution in [0.25, 0.3) is 11.3 Å². The molecule has 1 fully saturated rings. The van der Waals surface area contributed by atoms with Gasteiger partial charge in [-0.05, 0) is 42.2 Å². The minimum atomic E-state index is 0.0577. The smallest absolute Gasteiger partial charge is 0.251 e. The van der Waals surface area contributed by atoms with Gasteiger partial charge in [0.2, 0.25) is 0 Å². The Morgan fingerprint density at radius 2 is 2.00 bits per heavy atom. The first kappa shape index (κ1) is 18.4. The molecule has 0 saturated carbocycles. The van der Waals surface area contributed by atoms with Crippen LogP contribution in [0.1, 0.15) is 23.6 Å². The fraction of sp³-hybridized carbons (Fsp3) is 0.304. The van der Waals surface area contributed by atoms with E-state index in [2.05, 4.69) is 16.0 Å². The molecule has 6 heteroatoms. The largest absolute Gasteiger partial charge is 0.506 e. The average Bonchev–Trinajstić information content (AvgIpc) is 2.73. The van der Waals surface area contributed by atoms with E-state index in [0.29, 0.717) is 23.4 Å². The summed E-state index contributed by atoms with van der Waals surface area (Å²) in [5, 5.41) is 10.3. The van der Waals surface area contributed by atoms with Gasteiger partial charge in [-0.25, -0.2) is 0 Å². The molecule has 0 radical (unpaired) electrons. The number of rotatable bonds is 3. The summed E-state index contributed by atoms with van der Waals surface area (Å²) in [7, 11) is 0. The summed E-state index contributed by atoms with van der Waals surface area (Å²) >= 11 is 6.29. The molecular formula is C23H22ClN3O2. The molecule has 2 bridgehead atoms. The van der Waals surface area contributed by atoms with E-state index < -0.39 is 0 Å². The summed E-state index contributed by atoms with van der Waals surface area (Å²) in [4.78, 5) is 19.6. The quantitative estimate of drug-likeness (QED) is 0.715. The summed E-state index contributed by atoms with van der Waals surface area (Å²) in [5.41, 5.74) is 3.80. The van der Waals surface area contributed by atoms with Gasteiger partial charge in [0.1, 0.15) is 5.75 Å². The fourth-order valence-electron chi connectivity index (χ4n) is 4.80. The van der Waals surface area contributed by atoms with E-state index in [1.54, 1.807) is 18.3 Å². The van der Waals surface area contributed by atoms with Gasteiger partial charge >= 0.3 is 0 Å². The average molecular weight is 408 g/mol. The third-order valence-electron chi connectivity index (χ3n) is 6.04. The molecule has 0 unspecified atom stereocenters. The van der Waals surface area contributed by atoms with Crippen LogP contribution in [0.5, 0.6) is 5.75 Å². The molecule has 5 rings (SSSR count). The minimum Gasteiger partial charge on any atom is -0.506 e. The van der Waals surface area contributed by atoms with Gasteiger partial charge in [-0.2, -0.15) is 0 Å². The Bertz CT molecular complexity index is 1110. The molecule has 2 aliphatic rings. The van der Waals surface area contributed by atoms with Crippen LogP contribution in [-0.2, 0) is 13.1 Å². The SMILES string of the molecule is O=c1cc(-c2ccccn2)cc2n1C[C@H]1C[C@@H]2CN(Cc2cccc(O)c2Cl)C1. The molecule has 0 amide bonds. The van der Waals surface area contributed by atoms with E-state index in [-0.39, 0.29) is 11.3 Å². The summed E-state index contributed by atoms with van der Waals surface area (Å²) in [6.07, 6.45) is 2.85. The lowest BCUT2D eigenvalue weighted by molar-refractivity contribution is 0.114. The van der Waals surface area contributed by atoms with E-state index in [1.807, 2.05) is 34.9 Å². The number of aromatic hydroxyl groups is 1. The standard InChI is InChI=1S/C23H22ClN3O2/c24-23-16(4-3-6-21(23)28)13-26-11-15-8-18(14-26)20-9-17(10-22(29)27(20)12-15)19-5-1-2-7-25-19/h1-7,9-10,15,18,28H,8,11-14H2/t15-,18+/m0/s1. The van der Waals surface area contributed by atoms with E-state index in [0.717, 1.165) is 48.6 Å². The van der Waals surface area contributed by atoms with Crippen LogP contribution >= 0.6 is 11.6 Å². The van der Waals surface area contributed by atoms with Crippen molar-refractivity contribution in [2.24, 2.45) is 5.92 Å². The van der Waals surface area contributed by atoms with Crippen molar-refractivity contribution in [2.45, 2.75) is 25.4 Å². The van der Waals surface area contributed by atoms with Crippen LogP contribution in [-0.4, -0.2) is 32.6 Å². The maximum atomic E-state index is 12.8. The summed E-state index contributed by atoms with van der Waals surface area (Å²) in [6, 6.07) is 15.0. The van der Waals surface area contributed by atoms with Crippen molar-refractivity contribution < 1.29 is 5.11 Å². The lowest BCUT2D eigenvalue weighted by Gasteiger charge is -2.43. The lowest BCUT2D eigenvalue weighted by atomic mass is 9.82. The zero-order valence-electron chi connectivity index (χ0n) is 16.0. The molecule has 29 heavy (non-hydrogen) atoms. The van der Waals surface area contributed by atoms with Crippen molar-refractivity contribution in [3.05, 3.63) is 81.4 Å². The predicted molar refractivity (Wildman–Crippen MR) is 113 cm³/mol. The first-order valence-corrected chi connectivity index (χ1v) is 10.3. The predicted octanol–water partition coefficient (Wildman–Crippen LogP) is 3.89. The number of phenolic OH excluding ortho intramolecular Hbond substituents is 1. The first-order chi connectivity index (χ1) is 14.1. The zero-order valence-corrected chi connectivity index (χ0v) is 16.7. The van der Waals surface area contributed by atoms with Crippen LogP contribution in [0, 0.1) is 5.92 Å². The molecule has 4 heterocycles. The van der Waals surface area contributed by atoms with Crippen molar-refractivity contribution in [1.29, 1.82) is 0 Å². The monoisotopic (exact) mass is 407 g/mol. The van der Waals surface area contributed by atoms with E-state index in [4.69, 9.17) is 11.6 Å². The van der Waals surface area contributed by atoms with E-state index in [9.17, 15) is 9.90 Å². The van der Waals surface area contributed by atoms with Crippen molar-refractivity contribution >= 4 is 11.6 Å². The third kappa shape index (κ3) is 3.45. The molecule has 1 aromatic carbocycles. The van der Waals surface area contributed by atoms with Crippen LogP contribution in [0.2, 0.25) is 5.02 Å². The number of halogens is 1. The molecule has 2 atom stereocenters. The molecule has 1 saturated heterocycles. The molecule has 0 spiro atoms. The Balaban J connectivity index is 1.46. The van der Waals surface area contributed by atoms with Gasteiger partial charge in [-0.3, -0.25) is 14.7 Å². The van der Waals surface area contributed by atoms with Gasteiger partial charge in [-0.15, -0.1) is 0 Å². The van der Waals surface area contributed by atoms with Crippen LogP contribution < -0.4 is 5.56 Å². The molecule has 2 aliphatic heterocycles. The summed E-state index contributed by atoms with van der Waals surface area (Å²) in [6.45, 7) is 3.24. The molecule has 5 nitrogen and oxygen atoms in total. The minimum absolute atomic E-state index is 0.0577. The topological polar surface area (TPSA) is 58.4 Å². The van der Waals surface area contributed by atoms with E-state index in [1.165, 1.54) is 0 Å². The van der Waals surface area contributed by atoms with Crippen molar-refractivity contribution in [3.63, 3.8) is 0 Å². The lowest BCUT2D eigenvalue weighted by Crippen LogP contribution is -2.46. The second kappa shape index (κ2) is 7.32. The number of benzene rings is 1. The summed E-state index contributed by atoms with van der Waals surface area (Å²) < 4.78 is 1.95. The zero-order chi connectivity index (χ0) is 20.0. The van der Waals surface area contributed by atoms with Crippen LogP contribution in [0.15, 0.2) is 59.5 Å². The normalized spacial score (nSPS) is 21.0. The fourth-order valence-corrected chi connectivity index (χ4v) is 4.98. The number of phenols is 1. The maximum absolute atomic E-state index is 12.8. The molecule has 2 aromatic heterocycles. The molecule has 0 aliphatic carbocycles. The van der Waals surface area contributed by atoms with Crippen molar-refractivity contribution in [2.75, 3.05) is 13.1 Å². The Hall–Kier alpha value is -2.63. The Morgan fingerprint density at radius 3 is 2.83 bits per heavy atom. The first-order valence-electron chi connectivity index (χ1n) is 9.93. The highest BCUT2D eigenvalue weighted by Crippen LogP contribution is 2.37. The highest BCUT2D eigenvalue weighted by atomic mass is 35.5. The van der Waals surface area contributed by atoms with Crippen LogP contribution in [0.4, 0.5) is 0 Å². The number of piperidine rings is 1. The Labute approximate surface area is 174 Å². The van der Waals surface area contributed by atoms with Crippen molar-refractivity contribution in [3.8, 4) is 17.0 Å². The van der Waals surface area contributed by atoms with E-state index >= 15 is 0 Å². The Morgan fingerprint density at radius 1 is 1.10 bits per heavy atom. The van der Waals surface area contributed by atoms with Gasteiger partial charge in [-0.1, -0.05) is 29.8 Å². The van der Waals surface area contributed by atoms with Gasteiger partial charge in [0.15, 0.2) is 0 Å². The number of hydrogen-bond acceptors (Lipinski definition) is 4. The van der Waals surface area contributed by atoms with Gasteiger partial charge < -0.3 is 9.67 Å². The molecule has 3 aromatic rings. The number of fused-ring (bicyclic) bond motifs is 4. The highest BCUT2D eigenvalue weighted by molar-refractivity contribution is 6.32. The number of pyridine rings is 2. The van der Waals surface area contributed by atoms with Gasteiger partial charge in [0, 0.05) is 55.6 Å². The number of hydrogen-bond donors (Lipinski definition) is 1. The number of likely N-dealkylation sites (tertiary alicyclic amines) is 1. The van der Waals surface area contributed by atoms with Crippen LogP contribution in [0.3, 0.4) is 0 Å². The number of aromatic nitrogens is 2. The summed E-state index contributed by atoms with van der Waals surface area (Å²) in [5.74, 6) is 0.865. The molecular weight excluding hydrogens is 386 g/mol.